The van der Waals surface area contributed by atoms with Crippen LogP contribution in [0.5, 0.6) is 0 Å². The van der Waals surface area contributed by atoms with Crippen LogP contribution < -0.4 is 0 Å². The highest BCUT2D eigenvalue weighted by Crippen LogP contribution is 2.14. The van der Waals surface area contributed by atoms with Gasteiger partial charge >= 0.3 is 11.9 Å². The summed E-state index contributed by atoms with van der Waals surface area (Å²) in [4.78, 5) is 23.6. The van der Waals surface area contributed by atoms with Crippen LogP contribution >= 0.6 is 0 Å². The van der Waals surface area contributed by atoms with E-state index in [1.807, 2.05) is 0 Å². The molecule has 0 aromatic carbocycles. The number of carbonyl (C=O) groups is 2. The third kappa shape index (κ3) is 25.4. The van der Waals surface area contributed by atoms with Gasteiger partial charge in [0, 0.05) is 12.8 Å². The Morgan fingerprint density at radius 1 is 0.515 bits per heavy atom. The van der Waals surface area contributed by atoms with Crippen molar-refractivity contribution in [1.29, 1.82) is 0 Å². The molecule has 0 aromatic rings. The first-order chi connectivity index (χ1) is 16.1. The van der Waals surface area contributed by atoms with Crippen LogP contribution in [0.15, 0.2) is 0 Å². The number of rotatable bonds is 25. The standard InChI is InChI=1S/C29H56O4/c1-4-6-8-10-11-12-13-14-15-16-17-18-19-20-21-23-24-28(30)32-26-27(3)33-29(31)25-22-9-7-5-2/h27H,4-26H2,1-3H3. The second-order valence-corrected chi connectivity index (χ2v) is 9.85. The molecule has 4 nitrogen and oxygen atoms in total. The van der Waals surface area contributed by atoms with E-state index in [9.17, 15) is 9.59 Å². The van der Waals surface area contributed by atoms with Crippen LogP contribution in [0.2, 0.25) is 0 Å². The lowest BCUT2D eigenvalue weighted by atomic mass is 10.0. The molecule has 0 bridgehead atoms. The van der Waals surface area contributed by atoms with Gasteiger partial charge in [-0.3, -0.25) is 9.59 Å². The molecule has 33 heavy (non-hydrogen) atoms. The fourth-order valence-electron chi connectivity index (χ4n) is 4.11. The number of carbonyl (C=O) groups excluding carboxylic acids is 2. The molecule has 0 aliphatic heterocycles. The fraction of sp³-hybridized carbons (Fsp3) is 0.931. The molecule has 0 heterocycles. The van der Waals surface area contributed by atoms with Gasteiger partial charge in [-0.05, 0) is 19.8 Å². The summed E-state index contributed by atoms with van der Waals surface area (Å²) >= 11 is 0. The summed E-state index contributed by atoms with van der Waals surface area (Å²) in [7, 11) is 0. The van der Waals surface area contributed by atoms with E-state index < -0.39 is 0 Å². The smallest absolute Gasteiger partial charge is 0.306 e. The van der Waals surface area contributed by atoms with Gasteiger partial charge in [0.2, 0.25) is 0 Å². The molecule has 0 saturated heterocycles. The van der Waals surface area contributed by atoms with Crippen molar-refractivity contribution in [3.05, 3.63) is 0 Å². The van der Waals surface area contributed by atoms with E-state index >= 15 is 0 Å². The highest BCUT2D eigenvalue weighted by molar-refractivity contribution is 5.70. The van der Waals surface area contributed by atoms with Crippen molar-refractivity contribution >= 4 is 11.9 Å². The zero-order chi connectivity index (χ0) is 24.4. The number of hydrogen-bond acceptors (Lipinski definition) is 4. The first kappa shape index (κ1) is 31.9. The van der Waals surface area contributed by atoms with Gasteiger partial charge in [0.15, 0.2) is 0 Å². The van der Waals surface area contributed by atoms with E-state index in [-0.39, 0.29) is 24.6 Å². The van der Waals surface area contributed by atoms with E-state index in [0.717, 1.165) is 38.5 Å². The van der Waals surface area contributed by atoms with E-state index in [0.29, 0.717) is 12.8 Å². The molecular weight excluding hydrogens is 412 g/mol. The summed E-state index contributed by atoms with van der Waals surface area (Å²) < 4.78 is 10.6. The Labute approximate surface area is 206 Å². The Balaban J connectivity index is 3.35. The third-order valence-electron chi connectivity index (χ3n) is 6.28. The van der Waals surface area contributed by atoms with Gasteiger partial charge in [0.05, 0.1) is 0 Å². The molecule has 4 heteroatoms. The average Bonchev–Trinajstić information content (AvgIpc) is 2.80. The summed E-state index contributed by atoms with van der Waals surface area (Å²) in [6, 6.07) is 0. The molecule has 196 valence electrons. The maximum Gasteiger partial charge on any atom is 0.306 e. The van der Waals surface area contributed by atoms with Crippen molar-refractivity contribution in [2.75, 3.05) is 6.61 Å². The molecule has 0 aliphatic carbocycles. The van der Waals surface area contributed by atoms with Crippen LogP contribution in [-0.4, -0.2) is 24.6 Å². The highest BCUT2D eigenvalue weighted by atomic mass is 16.6. The first-order valence-corrected chi connectivity index (χ1v) is 14.4. The molecule has 0 aromatic heterocycles. The summed E-state index contributed by atoms with van der Waals surface area (Å²) in [5.41, 5.74) is 0. The van der Waals surface area contributed by atoms with Crippen LogP contribution in [0, 0.1) is 0 Å². The lowest BCUT2D eigenvalue weighted by molar-refractivity contribution is -0.158. The lowest BCUT2D eigenvalue weighted by Gasteiger charge is -2.13. The lowest BCUT2D eigenvalue weighted by Crippen LogP contribution is -2.22. The SMILES string of the molecule is CCCCCCCCCCCCCCCCCCC(=O)OCC(C)OC(=O)CCCCCC. The number of esters is 2. The molecule has 1 atom stereocenters. The van der Waals surface area contributed by atoms with Gasteiger partial charge in [-0.1, -0.05) is 129 Å². The number of unbranched alkanes of at least 4 members (excludes halogenated alkanes) is 18. The van der Waals surface area contributed by atoms with Crippen molar-refractivity contribution in [3.63, 3.8) is 0 Å². The topological polar surface area (TPSA) is 52.6 Å². The Bertz CT molecular complexity index is 435. The van der Waals surface area contributed by atoms with Crippen molar-refractivity contribution in [3.8, 4) is 0 Å². The second kappa shape index (κ2) is 25.6. The molecule has 0 amide bonds. The fourth-order valence-corrected chi connectivity index (χ4v) is 4.11. The van der Waals surface area contributed by atoms with Crippen LogP contribution in [0.4, 0.5) is 0 Å². The van der Waals surface area contributed by atoms with Crippen LogP contribution in [0.25, 0.3) is 0 Å². The monoisotopic (exact) mass is 468 g/mol. The van der Waals surface area contributed by atoms with Gasteiger partial charge in [0.25, 0.3) is 0 Å². The minimum Gasteiger partial charge on any atom is -0.462 e. The summed E-state index contributed by atoms with van der Waals surface area (Å²) in [5.74, 6) is -0.362. The normalized spacial score (nSPS) is 12.0. The molecule has 1 unspecified atom stereocenters. The Morgan fingerprint density at radius 3 is 1.27 bits per heavy atom. The Kier molecular flexibility index (Phi) is 24.7. The van der Waals surface area contributed by atoms with Gasteiger partial charge in [-0.15, -0.1) is 0 Å². The van der Waals surface area contributed by atoms with E-state index in [1.165, 1.54) is 89.9 Å². The van der Waals surface area contributed by atoms with Crippen molar-refractivity contribution < 1.29 is 19.1 Å². The maximum absolute atomic E-state index is 11.9. The van der Waals surface area contributed by atoms with Gasteiger partial charge in [-0.2, -0.15) is 0 Å². The third-order valence-corrected chi connectivity index (χ3v) is 6.28. The number of hydrogen-bond donors (Lipinski definition) is 0. The van der Waals surface area contributed by atoms with Crippen LogP contribution in [-0.2, 0) is 19.1 Å². The van der Waals surface area contributed by atoms with Gasteiger partial charge in [-0.25, -0.2) is 0 Å². The Morgan fingerprint density at radius 2 is 0.848 bits per heavy atom. The molecule has 0 spiro atoms. The summed E-state index contributed by atoms with van der Waals surface area (Å²) in [6.45, 7) is 6.37. The van der Waals surface area contributed by atoms with Crippen LogP contribution in [0.1, 0.15) is 162 Å². The van der Waals surface area contributed by atoms with Crippen LogP contribution in [0.3, 0.4) is 0 Å². The second-order valence-electron chi connectivity index (χ2n) is 9.85. The minimum atomic E-state index is -0.363. The van der Waals surface area contributed by atoms with Gasteiger partial charge in [0.1, 0.15) is 12.7 Å². The molecule has 0 radical (unpaired) electrons. The summed E-state index contributed by atoms with van der Waals surface area (Å²) in [5, 5.41) is 0. The average molecular weight is 469 g/mol. The minimum absolute atomic E-state index is 0.165. The molecule has 0 aliphatic rings. The molecular formula is C29H56O4. The predicted molar refractivity (Wildman–Crippen MR) is 139 cm³/mol. The van der Waals surface area contributed by atoms with E-state index in [4.69, 9.17) is 9.47 Å². The zero-order valence-corrected chi connectivity index (χ0v) is 22.5. The van der Waals surface area contributed by atoms with E-state index in [2.05, 4.69) is 13.8 Å². The predicted octanol–water partition coefficient (Wildman–Crippen LogP) is 9.08. The summed E-state index contributed by atoms with van der Waals surface area (Å²) in [6.07, 6.45) is 26.0. The van der Waals surface area contributed by atoms with Gasteiger partial charge < -0.3 is 9.47 Å². The largest absolute Gasteiger partial charge is 0.462 e. The van der Waals surface area contributed by atoms with Crippen molar-refractivity contribution in [2.24, 2.45) is 0 Å². The molecule has 0 N–H and O–H groups in total. The van der Waals surface area contributed by atoms with Crippen molar-refractivity contribution in [1.82, 2.24) is 0 Å². The molecule has 0 fully saturated rings. The van der Waals surface area contributed by atoms with Crippen molar-refractivity contribution in [2.45, 2.75) is 168 Å². The maximum atomic E-state index is 11.9. The molecule has 0 rings (SSSR count). The quantitative estimate of drug-likeness (QED) is 0.0990. The first-order valence-electron chi connectivity index (χ1n) is 14.4. The van der Waals surface area contributed by atoms with E-state index in [1.54, 1.807) is 6.92 Å². The Hall–Kier alpha value is -1.06. The highest BCUT2D eigenvalue weighted by Gasteiger charge is 2.12. The number of ether oxygens (including phenoxy) is 2. The molecule has 0 saturated carbocycles. The zero-order valence-electron chi connectivity index (χ0n) is 22.5.